The van der Waals surface area contributed by atoms with Crippen LogP contribution in [0, 0.1) is 11.7 Å². The van der Waals surface area contributed by atoms with E-state index >= 15 is 0 Å². The molecule has 18 heavy (non-hydrogen) atoms. The molecule has 0 bridgehead atoms. The lowest BCUT2D eigenvalue weighted by Crippen LogP contribution is -2.22. The summed E-state index contributed by atoms with van der Waals surface area (Å²) in [6.07, 6.45) is 2.16. The fourth-order valence-corrected chi connectivity index (χ4v) is 2.12. The van der Waals surface area contributed by atoms with Crippen LogP contribution in [-0.4, -0.2) is 26.4 Å². The zero-order valence-electron chi connectivity index (χ0n) is 10.7. The van der Waals surface area contributed by atoms with E-state index in [9.17, 15) is 4.39 Å². The Morgan fingerprint density at radius 2 is 2.17 bits per heavy atom. The summed E-state index contributed by atoms with van der Waals surface area (Å²) in [6.45, 7) is 5.00. The number of rotatable bonds is 5. The first-order valence-electron chi connectivity index (χ1n) is 6.53. The van der Waals surface area contributed by atoms with Crippen molar-refractivity contribution in [1.82, 2.24) is 0 Å². The maximum atomic E-state index is 13.1. The van der Waals surface area contributed by atoms with Crippen LogP contribution in [0.4, 0.5) is 10.1 Å². The van der Waals surface area contributed by atoms with E-state index in [1.807, 2.05) is 6.92 Å². The van der Waals surface area contributed by atoms with Gasteiger partial charge < -0.3 is 14.8 Å². The van der Waals surface area contributed by atoms with Crippen LogP contribution in [0.15, 0.2) is 18.2 Å². The van der Waals surface area contributed by atoms with Gasteiger partial charge >= 0.3 is 0 Å². The molecular formula is C14H20FNO2. The highest BCUT2D eigenvalue weighted by Gasteiger charge is 2.14. The van der Waals surface area contributed by atoms with Gasteiger partial charge in [-0.1, -0.05) is 0 Å². The molecule has 1 aliphatic heterocycles. The predicted octanol–water partition coefficient (Wildman–Crippen LogP) is 3.06. The summed E-state index contributed by atoms with van der Waals surface area (Å²) in [4.78, 5) is 0. The summed E-state index contributed by atoms with van der Waals surface area (Å²) in [6, 6.07) is 4.62. The Morgan fingerprint density at radius 3 is 2.89 bits per heavy atom. The Morgan fingerprint density at radius 1 is 1.39 bits per heavy atom. The minimum Gasteiger partial charge on any atom is -0.492 e. The van der Waals surface area contributed by atoms with Crippen LogP contribution in [0.2, 0.25) is 0 Å². The smallest absolute Gasteiger partial charge is 0.145 e. The van der Waals surface area contributed by atoms with Gasteiger partial charge in [-0.15, -0.1) is 0 Å². The van der Waals surface area contributed by atoms with Crippen LogP contribution >= 0.6 is 0 Å². The molecule has 1 heterocycles. The highest BCUT2D eigenvalue weighted by Crippen LogP contribution is 2.26. The van der Waals surface area contributed by atoms with Crippen molar-refractivity contribution in [2.45, 2.75) is 19.8 Å². The summed E-state index contributed by atoms with van der Waals surface area (Å²) in [5, 5.41) is 3.35. The van der Waals surface area contributed by atoms with E-state index in [2.05, 4.69) is 5.32 Å². The van der Waals surface area contributed by atoms with Gasteiger partial charge in [-0.3, -0.25) is 0 Å². The van der Waals surface area contributed by atoms with E-state index in [1.165, 1.54) is 12.1 Å². The van der Waals surface area contributed by atoms with Crippen LogP contribution < -0.4 is 10.1 Å². The van der Waals surface area contributed by atoms with Gasteiger partial charge in [0.1, 0.15) is 11.6 Å². The molecule has 1 aromatic rings. The number of nitrogens with one attached hydrogen (secondary N) is 1. The first kappa shape index (κ1) is 13.1. The Balaban J connectivity index is 1.94. The molecule has 1 aliphatic rings. The van der Waals surface area contributed by atoms with Gasteiger partial charge in [0, 0.05) is 25.8 Å². The summed E-state index contributed by atoms with van der Waals surface area (Å²) in [5.41, 5.74) is 0.866. The third-order valence-corrected chi connectivity index (χ3v) is 3.17. The molecule has 4 heteroatoms. The average Bonchev–Trinajstić information content (AvgIpc) is 2.39. The summed E-state index contributed by atoms with van der Waals surface area (Å²) < 4.78 is 23.9. The van der Waals surface area contributed by atoms with Crippen molar-refractivity contribution in [3.63, 3.8) is 0 Å². The first-order chi connectivity index (χ1) is 8.79. The molecule has 1 saturated heterocycles. The second-order valence-corrected chi connectivity index (χ2v) is 4.51. The summed E-state index contributed by atoms with van der Waals surface area (Å²) in [5.74, 6) is 0.943. The molecule has 0 unspecified atom stereocenters. The van der Waals surface area contributed by atoms with Gasteiger partial charge in [-0.25, -0.2) is 4.39 Å². The molecule has 100 valence electrons. The van der Waals surface area contributed by atoms with Crippen molar-refractivity contribution in [2.24, 2.45) is 5.92 Å². The molecule has 2 rings (SSSR count). The van der Waals surface area contributed by atoms with Gasteiger partial charge in [0.2, 0.25) is 0 Å². The lowest BCUT2D eigenvalue weighted by molar-refractivity contribution is 0.0699. The third-order valence-electron chi connectivity index (χ3n) is 3.17. The maximum absolute atomic E-state index is 13.1. The van der Waals surface area contributed by atoms with Gasteiger partial charge in [0.25, 0.3) is 0 Å². The van der Waals surface area contributed by atoms with E-state index in [0.29, 0.717) is 18.3 Å². The molecule has 0 atom stereocenters. The molecule has 0 aromatic heterocycles. The van der Waals surface area contributed by atoms with Crippen molar-refractivity contribution >= 4 is 5.69 Å². The molecule has 1 N–H and O–H groups in total. The Bertz CT molecular complexity index is 378. The zero-order valence-corrected chi connectivity index (χ0v) is 10.7. The highest BCUT2D eigenvalue weighted by atomic mass is 19.1. The molecular weight excluding hydrogens is 233 g/mol. The van der Waals surface area contributed by atoms with Crippen LogP contribution in [0.1, 0.15) is 19.8 Å². The second-order valence-electron chi connectivity index (χ2n) is 4.51. The summed E-state index contributed by atoms with van der Waals surface area (Å²) >= 11 is 0. The standard InChI is InChI=1S/C14H20FNO2/c1-2-18-14-9-12(15)3-4-13(14)16-10-11-5-7-17-8-6-11/h3-4,9,11,16H,2,5-8,10H2,1H3. The quantitative estimate of drug-likeness (QED) is 0.874. The van der Waals surface area contributed by atoms with E-state index in [0.717, 1.165) is 38.3 Å². The topological polar surface area (TPSA) is 30.5 Å². The van der Waals surface area contributed by atoms with Crippen LogP contribution in [0.5, 0.6) is 5.75 Å². The number of benzene rings is 1. The number of hydrogen-bond acceptors (Lipinski definition) is 3. The Labute approximate surface area is 107 Å². The highest BCUT2D eigenvalue weighted by molar-refractivity contribution is 5.56. The minimum absolute atomic E-state index is 0.268. The molecule has 0 aliphatic carbocycles. The fraction of sp³-hybridized carbons (Fsp3) is 0.571. The summed E-state index contributed by atoms with van der Waals surface area (Å²) in [7, 11) is 0. The van der Waals surface area contributed by atoms with Gasteiger partial charge in [0.05, 0.1) is 12.3 Å². The van der Waals surface area contributed by atoms with E-state index < -0.39 is 0 Å². The lowest BCUT2D eigenvalue weighted by Gasteiger charge is -2.23. The second kappa shape index (κ2) is 6.59. The van der Waals surface area contributed by atoms with Crippen molar-refractivity contribution < 1.29 is 13.9 Å². The molecule has 1 fully saturated rings. The van der Waals surface area contributed by atoms with Gasteiger partial charge in [-0.05, 0) is 37.8 Å². The van der Waals surface area contributed by atoms with Gasteiger partial charge in [0.15, 0.2) is 0 Å². The molecule has 0 radical (unpaired) electrons. The monoisotopic (exact) mass is 253 g/mol. The largest absolute Gasteiger partial charge is 0.492 e. The van der Waals surface area contributed by atoms with Gasteiger partial charge in [-0.2, -0.15) is 0 Å². The lowest BCUT2D eigenvalue weighted by atomic mass is 10.0. The van der Waals surface area contributed by atoms with E-state index in [1.54, 1.807) is 6.07 Å². The molecule has 0 saturated carbocycles. The van der Waals surface area contributed by atoms with Crippen molar-refractivity contribution in [2.75, 3.05) is 31.7 Å². The third kappa shape index (κ3) is 3.60. The normalized spacial score (nSPS) is 16.6. The van der Waals surface area contributed by atoms with E-state index in [4.69, 9.17) is 9.47 Å². The molecule has 1 aromatic carbocycles. The Hall–Kier alpha value is -1.29. The van der Waals surface area contributed by atoms with Crippen LogP contribution in [0.25, 0.3) is 0 Å². The van der Waals surface area contributed by atoms with Crippen molar-refractivity contribution in [3.8, 4) is 5.75 Å². The van der Waals surface area contributed by atoms with Crippen LogP contribution in [-0.2, 0) is 4.74 Å². The van der Waals surface area contributed by atoms with Crippen molar-refractivity contribution in [3.05, 3.63) is 24.0 Å². The van der Waals surface area contributed by atoms with E-state index in [-0.39, 0.29) is 5.82 Å². The minimum atomic E-state index is -0.268. The number of ether oxygens (including phenoxy) is 2. The average molecular weight is 253 g/mol. The predicted molar refractivity (Wildman–Crippen MR) is 69.6 cm³/mol. The zero-order chi connectivity index (χ0) is 12.8. The number of halogens is 1. The Kier molecular flexibility index (Phi) is 4.81. The molecule has 0 amide bonds. The van der Waals surface area contributed by atoms with Crippen molar-refractivity contribution in [1.29, 1.82) is 0 Å². The molecule has 3 nitrogen and oxygen atoms in total. The van der Waals surface area contributed by atoms with Crippen LogP contribution in [0.3, 0.4) is 0 Å². The molecule has 0 spiro atoms. The first-order valence-corrected chi connectivity index (χ1v) is 6.53. The SMILES string of the molecule is CCOc1cc(F)ccc1NCC1CCOCC1. The number of anilines is 1. The fourth-order valence-electron chi connectivity index (χ4n) is 2.12. The maximum Gasteiger partial charge on any atom is 0.145 e. The number of hydrogen-bond donors (Lipinski definition) is 1.